The molecule has 1 aromatic heterocycles. The van der Waals surface area contributed by atoms with Crippen molar-refractivity contribution in [2.24, 2.45) is 7.05 Å². The van der Waals surface area contributed by atoms with E-state index in [2.05, 4.69) is 30.5 Å². The van der Waals surface area contributed by atoms with Gasteiger partial charge in [-0.1, -0.05) is 13.8 Å². The van der Waals surface area contributed by atoms with Gasteiger partial charge in [-0.25, -0.2) is 0 Å². The van der Waals surface area contributed by atoms with E-state index in [0.29, 0.717) is 0 Å². The van der Waals surface area contributed by atoms with Crippen molar-refractivity contribution in [1.29, 1.82) is 0 Å². The molecule has 1 N–H and O–H groups in total. The summed E-state index contributed by atoms with van der Waals surface area (Å²) >= 11 is 0. The van der Waals surface area contributed by atoms with Gasteiger partial charge in [0.25, 0.3) is 0 Å². The lowest BCUT2D eigenvalue weighted by molar-refractivity contribution is 0.123. The molecule has 1 rings (SSSR count). The Morgan fingerprint density at radius 1 is 1.41 bits per heavy atom. The summed E-state index contributed by atoms with van der Waals surface area (Å²) in [5, 5.41) is 8.02. The van der Waals surface area contributed by atoms with Gasteiger partial charge in [0, 0.05) is 25.4 Å². The van der Waals surface area contributed by atoms with Gasteiger partial charge in [-0.15, -0.1) is 0 Å². The first-order valence-electron chi connectivity index (χ1n) is 6.56. The van der Waals surface area contributed by atoms with Crippen LogP contribution in [0.25, 0.3) is 0 Å². The first-order chi connectivity index (χ1) is 8.22. The molecule has 4 nitrogen and oxygen atoms in total. The van der Waals surface area contributed by atoms with Crippen LogP contribution in [0.4, 0.5) is 0 Å². The molecular formula is C13H25N3O. The maximum Gasteiger partial charge on any atom is 0.0670 e. The maximum atomic E-state index is 5.56. The number of nitrogens with zero attached hydrogens (tertiary/aromatic N) is 2. The highest BCUT2D eigenvalue weighted by Gasteiger charge is 2.17. The number of hydrogen-bond acceptors (Lipinski definition) is 3. The van der Waals surface area contributed by atoms with Crippen LogP contribution in [0.1, 0.15) is 44.5 Å². The molecule has 0 amide bonds. The van der Waals surface area contributed by atoms with Gasteiger partial charge >= 0.3 is 0 Å². The molecular weight excluding hydrogens is 214 g/mol. The number of aromatic nitrogens is 2. The summed E-state index contributed by atoms with van der Waals surface area (Å²) in [6.45, 7) is 8.83. The van der Waals surface area contributed by atoms with Crippen LogP contribution in [0.5, 0.6) is 0 Å². The van der Waals surface area contributed by atoms with Crippen LogP contribution in [-0.4, -0.2) is 29.5 Å². The zero-order chi connectivity index (χ0) is 12.7. The summed E-state index contributed by atoms with van der Waals surface area (Å²) in [5.41, 5.74) is 2.44. The van der Waals surface area contributed by atoms with Crippen LogP contribution >= 0.6 is 0 Å². The second kappa shape index (κ2) is 7.45. The molecule has 17 heavy (non-hydrogen) atoms. The van der Waals surface area contributed by atoms with Crippen LogP contribution in [0.3, 0.4) is 0 Å². The lowest BCUT2D eigenvalue weighted by Crippen LogP contribution is -2.27. The van der Waals surface area contributed by atoms with E-state index in [-0.39, 0.29) is 6.04 Å². The minimum Gasteiger partial charge on any atom is -0.380 e. The molecule has 0 fully saturated rings. The molecule has 0 bridgehead atoms. The van der Waals surface area contributed by atoms with Crippen LogP contribution in [0.15, 0.2) is 6.20 Å². The molecule has 0 radical (unpaired) electrons. The largest absolute Gasteiger partial charge is 0.380 e. The number of hydrogen-bond donors (Lipinski definition) is 1. The third-order valence-corrected chi connectivity index (χ3v) is 2.78. The van der Waals surface area contributed by atoms with Gasteiger partial charge in [0.05, 0.1) is 18.3 Å². The highest BCUT2D eigenvalue weighted by Crippen LogP contribution is 2.18. The Balaban J connectivity index is 2.78. The Morgan fingerprint density at radius 3 is 2.76 bits per heavy atom. The number of rotatable bonds is 8. The second-order valence-electron chi connectivity index (χ2n) is 4.22. The third-order valence-electron chi connectivity index (χ3n) is 2.78. The van der Waals surface area contributed by atoms with Gasteiger partial charge in [-0.2, -0.15) is 5.10 Å². The number of nitrogens with one attached hydrogen (secondary N) is 1. The molecule has 0 aromatic carbocycles. The summed E-state index contributed by atoms with van der Waals surface area (Å²) in [6, 6.07) is 0.263. The van der Waals surface area contributed by atoms with E-state index in [1.54, 1.807) is 0 Å². The Morgan fingerprint density at radius 2 is 2.18 bits per heavy atom. The number of ether oxygens (including phenoxy) is 1. The monoisotopic (exact) mass is 239 g/mol. The molecule has 1 atom stereocenters. The summed E-state index contributed by atoms with van der Waals surface area (Å²) in [4.78, 5) is 0. The Hall–Kier alpha value is -0.870. The van der Waals surface area contributed by atoms with Gasteiger partial charge in [-0.05, 0) is 26.3 Å². The lowest BCUT2D eigenvalue weighted by Gasteiger charge is -2.18. The molecule has 0 aliphatic rings. The molecule has 0 aliphatic heterocycles. The minimum atomic E-state index is 0.263. The fraction of sp³-hybridized carbons (Fsp3) is 0.769. The fourth-order valence-corrected chi connectivity index (χ4v) is 1.93. The normalized spacial score (nSPS) is 12.9. The molecule has 4 heteroatoms. The van der Waals surface area contributed by atoms with Crippen LogP contribution in [-0.2, 0) is 18.2 Å². The van der Waals surface area contributed by atoms with Gasteiger partial charge in [0.2, 0.25) is 0 Å². The van der Waals surface area contributed by atoms with Crippen molar-refractivity contribution in [2.75, 3.05) is 19.8 Å². The highest BCUT2D eigenvalue weighted by atomic mass is 16.5. The molecule has 0 aliphatic carbocycles. The molecule has 0 saturated carbocycles. The Bertz CT molecular complexity index is 314. The van der Waals surface area contributed by atoms with Crippen molar-refractivity contribution >= 4 is 0 Å². The summed E-state index contributed by atoms with van der Waals surface area (Å²) < 4.78 is 7.45. The van der Waals surface area contributed by atoms with Crippen molar-refractivity contribution < 1.29 is 4.74 Å². The van der Waals surface area contributed by atoms with E-state index >= 15 is 0 Å². The van der Waals surface area contributed by atoms with Crippen molar-refractivity contribution in [1.82, 2.24) is 15.1 Å². The van der Waals surface area contributed by atoms with Crippen molar-refractivity contribution in [3.05, 3.63) is 17.5 Å². The van der Waals surface area contributed by atoms with Crippen LogP contribution in [0, 0.1) is 0 Å². The molecule has 1 unspecified atom stereocenters. The van der Waals surface area contributed by atoms with E-state index in [0.717, 1.165) is 32.6 Å². The fourth-order valence-electron chi connectivity index (χ4n) is 1.93. The Labute approximate surface area is 104 Å². The average Bonchev–Trinajstić information content (AvgIpc) is 2.70. The summed E-state index contributed by atoms with van der Waals surface area (Å²) in [6.07, 6.45) is 4.20. The molecule has 1 heterocycles. The van der Waals surface area contributed by atoms with Gasteiger partial charge in [0.1, 0.15) is 0 Å². The predicted octanol–water partition coefficient (Wildman–Crippen LogP) is 2.06. The van der Waals surface area contributed by atoms with Crippen molar-refractivity contribution in [3.8, 4) is 0 Å². The van der Waals surface area contributed by atoms with Crippen molar-refractivity contribution in [2.45, 2.75) is 39.7 Å². The van der Waals surface area contributed by atoms with Crippen LogP contribution in [0.2, 0.25) is 0 Å². The quantitative estimate of drug-likeness (QED) is 0.754. The van der Waals surface area contributed by atoms with E-state index in [9.17, 15) is 0 Å². The van der Waals surface area contributed by atoms with Gasteiger partial charge < -0.3 is 10.1 Å². The van der Waals surface area contributed by atoms with E-state index < -0.39 is 0 Å². The average molecular weight is 239 g/mol. The molecule has 1 aromatic rings. The summed E-state index contributed by atoms with van der Waals surface area (Å²) in [7, 11) is 1.97. The summed E-state index contributed by atoms with van der Waals surface area (Å²) in [5.74, 6) is 0. The minimum absolute atomic E-state index is 0.263. The highest BCUT2D eigenvalue weighted by molar-refractivity contribution is 5.21. The topological polar surface area (TPSA) is 39.1 Å². The standard InChI is InChI=1S/C13H25N3O/c1-5-8-14-13(10-17-7-3)11-9-16(4)15-12(11)6-2/h9,13-14H,5-8,10H2,1-4H3. The third kappa shape index (κ3) is 4.13. The van der Waals surface area contributed by atoms with E-state index in [4.69, 9.17) is 4.74 Å². The first-order valence-corrected chi connectivity index (χ1v) is 6.56. The zero-order valence-corrected chi connectivity index (χ0v) is 11.5. The molecule has 0 spiro atoms. The number of aryl methyl sites for hydroxylation is 2. The van der Waals surface area contributed by atoms with Crippen molar-refractivity contribution in [3.63, 3.8) is 0 Å². The SMILES string of the molecule is CCCNC(COCC)c1cn(C)nc1CC. The lowest BCUT2D eigenvalue weighted by atomic mass is 10.1. The predicted molar refractivity (Wildman–Crippen MR) is 70.1 cm³/mol. The smallest absolute Gasteiger partial charge is 0.0670 e. The van der Waals surface area contributed by atoms with Gasteiger partial charge in [0.15, 0.2) is 0 Å². The maximum absolute atomic E-state index is 5.56. The Kier molecular flexibility index (Phi) is 6.22. The van der Waals surface area contributed by atoms with E-state index in [1.807, 2.05) is 18.7 Å². The van der Waals surface area contributed by atoms with E-state index in [1.165, 1.54) is 11.3 Å². The molecule has 0 saturated heterocycles. The molecule has 98 valence electrons. The zero-order valence-electron chi connectivity index (χ0n) is 11.5. The second-order valence-corrected chi connectivity index (χ2v) is 4.22. The first kappa shape index (κ1) is 14.2. The van der Waals surface area contributed by atoms with Gasteiger partial charge in [-0.3, -0.25) is 4.68 Å². The van der Waals surface area contributed by atoms with Crippen LogP contribution < -0.4 is 5.32 Å².